The number of nitrogens with one attached hydrogen (secondary N) is 1. The number of amides is 1. The summed E-state index contributed by atoms with van der Waals surface area (Å²) in [7, 11) is 0. The molecule has 1 aromatic carbocycles. The number of hydrogen-bond donors (Lipinski definition) is 1. The fourth-order valence-corrected chi connectivity index (χ4v) is 3.18. The van der Waals surface area contributed by atoms with E-state index >= 15 is 0 Å². The summed E-state index contributed by atoms with van der Waals surface area (Å²) in [6, 6.07) is 5.94. The summed E-state index contributed by atoms with van der Waals surface area (Å²) in [5.41, 5.74) is 0.419. The maximum atomic E-state index is 13.0. The standard InChI is InChI=1S/C17H18FN7O2/c18-13-3-5-14(6-4-13)27-10-12-2-1-7-24(9-12)17(26)15-8-19-21-16(15)25-11-20-22-23-25/h3-6,8,11-12H,1-2,7,9-10H2,(H,19,21). The van der Waals surface area contributed by atoms with Gasteiger partial charge in [-0.25, -0.2) is 4.39 Å². The largest absolute Gasteiger partial charge is 0.493 e. The van der Waals surface area contributed by atoms with Crippen LogP contribution in [-0.2, 0) is 0 Å². The van der Waals surface area contributed by atoms with E-state index in [0.29, 0.717) is 36.8 Å². The number of halogens is 1. The zero-order chi connectivity index (χ0) is 18.6. The molecule has 0 aliphatic carbocycles. The average molecular weight is 371 g/mol. The molecule has 1 saturated heterocycles. The first-order chi connectivity index (χ1) is 13.2. The van der Waals surface area contributed by atoms with Crippen molar-refractivity contribution in [1.29, 1.82) is 0 Å². The molecular formula is C17H18FN7O2. The topological polar surface area (TPSA) is 102 Å². The fraction of sp³-hybridized carbons (Fsp3) is 0.353. The van der Waals surface area contributed by atoms with E-state index in [2.05, 4.69) is 25.7 Å². The summed E-state index contributed by atoms with van der Waals surface area (Å²) in [4.78, 5) is 14.7. The van der Waals surface area contributed by atoms with E-state index in [0.717, 1.165) is 12.8 Å². The first-order valence-corrected chi connectivity index (χ1v) is 8.65. The van der Waals surface area contributed by atoms with Gasteiger partial charge >= 0.3 is 0 Å². The number of aromatic amines is 1. The Morgan fingerprint density at radius 3 is 2.96 bits per heavy atom. The summed E-state index contributed by atoms with van der Waals surface area (Å²) in [5, 5.41) is 17.7. The van der Waals surface area contributed by atoms with Crippen LogP contribution in [0.15, 0.2) is 36.8 Å². The molecule has 1 N–H and O–H groups in total. The van der Waals surface area contributed by atoms with Crippen LogP contribution in [0, 0.1) is 11.7 Å². The highest BCUT2D eigenvalue weighted by atomic mass is 19.1. The second-order valence-electron chi connectivity index (χ2n) is 6.41. The molecule has 1 atom stereocenters. The zero-order valence-corrected chi connectivity index (χ0v) is 14.5. The molecule has 0 radical (unpaired) electrons. The normalized spacial score (nSPS) is 17.1. The fourth-order valence-electron chi connectivity index (χ4n) is 3.18. The lowest BCUT2D eigenvalue weighted by Gasteiger charge is -2.32. The second-order valence-corrected chi connectivity index (χ2v) is 6.41. The van der Waals surface area contributed by atoms with Crippen LogP contribution in [0.2, 0.25) is 0 Å². The molecule has 0 bridgehead atoms. The van der Waals surface area contributed by atoms with E-state index in [1.54, 1.807) is 17.0 Å². The first kappa shape index (κ1) is 17.1. The lowest BCUT2D eigenvalue weighted by Crippen LogP contribution is -2.41. The SMILES string of the molecule is O=C(c1cn[nH]c1-n1cnnn1)N1CCCC(COc2ccc(F)cc2)C1. The van der Waals surface area contributed by atoms with Crippen LogP contribution in [0.3, 0.4) is 0 Å². The van der Waals surface area contributed by atoms with Gasteiger partial charge < -0.3 is 9.64 Å². The number of H-pyrrole nitrogens is 1. The Labute approximate surface area is 154 Å². The highest BCUT2D eigenvalue weighted by Gasteiger charge is 2.27. The molecule has 1 unspecified atom stereocenters. The minimum Gasteiger partial charge on any atom is -0.493 e. The van der Waals surface area contributed by atoms with Crippen LogP contribution >= 0.6 is 0 Å². The number of ether oxygens (including phenoxy) is 1. The summed E-state index contributed by atoms with van der Waals surface area (Å²) in [5.74, 6) is 0.845. The van der Waals surface area contributed by atoms with Crippen LogP contribution in [0.5, 0.6) is 5.75 Å². The van der Waals surface area contributed by atoms with Crippen LogP contribution < -0.4 is 4.74 Å². The monoisotopic (exact) mass is 371 g/mol. The maximum Gasteiger partial charge on any atom is 0.259 e. The molecule has 1 fully saturated rings. The molecule has 2 aromatic heterocycles. The molecule has 0 saturated carbocycles. The number of likely N-dealkylation sites (tertiary alicyclic amines) is 1. The molecule has 3 heterocycles. The van der Waals surface area contributed by atoms with Gasteiger partial charge in [-0.15, -0.1) is 5.10 Å². The molecule has 27 heavy (non-hydrogen) atoms. The molecule has 9 nitrogen and oxygen atoms in total. The average Bonchev–Trinajstić information content (AvgIpc) is 3.38. The van der Waals surface area contributed by atoms with Crippen molar-refractivity contribution in [3.05, 3.63) is 48.2 Å². The van der Waals surface area contributed by atoms with Gasteiger partial charge in [0.15, 0.2) is 5.82 Å². The van der Waals surface area contributed by atoms with Crippen molar-refractivity contribution in [2.75, 3.05) is 19.7 Å². The van der Waals surface area contributed by atoms with E-state index in [9.17, 15) is 9.18 Å². The summed E-state index contributed by atoms with van der Waals surface area (Å²) >= 11 is 0. The van der Waals surface area contributed by atoms with E-state index in [4.69, 9.17) is 4.74 Å². The molecule has 1 aliphatic rings. The van der Waals surface area contributed by atoms with Crippen molar-refractivity contribution >= 4 is 5.91 Å². The Morgan fingerprint density at radius 2 is 2.19 bits per heavy atom. The van der Waals surface area contributed by atoms with E-state index in [1.165, 1.54) is 29.3 Å². The van der Waals surface area contributed by atoms with Gasteiger partial charge in [0.25, 0.3) is 5.91 Å². The van der Waals surface area contributed by atoms with Crippen molar-refractivity contribution < 1.29 is 13.9 Å². The van der Waals surface area contributed by atoms with Crippen molar-refractivity contribution in [3.8, 4) is 11.6 Å². The minimum absolute atomic E-state index is 0.124. The third kappa shape index (κ3) is 3.78. The number of carbonyl (C=O) groups is 1. The molecule has 1 aliphatic heterocycles. The Bertz CT molecular complexity index is 894. The second kappa shape index (κ2) is 7.52. The molecular weight excluding hydrogens is 353 g/mol. The van der Waals surface area contributed by atoms with Gasteiger partial charge in [0.2, 0.25) is 0 Å². The summed E-state index contributed by atoms with van der Waals surface area (Å²) < 4.78 is 20.1. The van der Waals surface area contributed by atoms with Gasteiger partial charge in [-0.1, -0.05) is 0 Å². The van der Waals surface area contributed by atoms with E-state index in [1.807, 2.05) is 0 Å². The van der Waals surface area contributed by atoms with Gasteiger partial charge in [0, 0.05) is 19.0 Å². The predicted molar refractivity (Wildman–Crippen MR) is 91.8 cm³/mol. The lowest BCUT2D eigenvalue weighted by atomic mass is 9.98. The number of benzene rings is 1. The number of tetrazole rings is 1. The van der Waals surface area contributed by atoms with Gasteiger partial charge in [0.05, 0.1) is 12.8 Å². The van der Waals surface area contributed by atoms with Crippen molar-refractivity contribution in [1.82, 2.24) is 35.3 Å². The van der Waals surface area contributed by atoms with Gasteiger partial charge in [-0.2, -0.15) is 9.78 Å². The smallest absolute Gasteiger partial charge is 0.259 e. The number of nitrogens with zero attached hydrogens (tertiary/aromatic N) is 6. The lowest BCUT2D eigenvalue weighted by molar-refractivity contribution is 0.0633. The zero-order valence-electron chi connectivity index (χ0n) is 14.5. The van der Waals surface area contributed by atoms with Crippen molar-refractivity contribution in [2.24, 2.45) is 5.92 Å². The van der Waals surface area contributed by atoms with Gasteiger partial charge in [0.1, 0.15) is 23.5 Å². The van der Waals surface area contributed by atoms with Crippen molar-refractivity contribution in [3.63, 3.8) is 0 Å². The van der Waals surface area contributed by atoms with Gasteiger partial charge in [-0.05, 0) is 47.5 Å². The van der Waals surface area contributed by atoms with E-state index in [-0.39, 0.29) is 17.6 Å². The quantitative estimate of drug-likeness (QED) is 0.728. The Morgan fingerprint density at radius 1 is 1.33 bits per heavy atom. The highest BCUT2D eigenvalue weighted by molar-refractivity contribution is 5.97. The third-order valence-corrected chi connectivity index (χ3v) is 4.53. The summed E-state index contributed by atoms with van der Waals surface area (Å²) in [6.07, 6.45) is 4.75. The molecule has 3 aromatic rings. The number of hydrogen-bond acceptors (Lipinski definition) is 6. The minimum atomic E-state index is -0.296. The molecule has 1 amide bonds. The van der Waals surface area contributed by atoms with Crippen LogP contribution in [0.1, 0.15) is 23.2 Å². The third-order valence-electron chi connectivity index (χ3n) is 4.53. The molecule has 140 valence electrons. The predicted octanol–water partition coefficient (Wildman–Crippen LogP) is 1.46. The van der Waals surface area contributed by atoms with Crippen LogP contribution in [0.25, 0.3) is 5.82 Å². The Balaban J connectivity index is 1.40. The van der Waals surface area contributed by atoms with Crippen LogP contribution in [0.4, 0.5) is 4.39 Å². The number of carbonyl (C=O) groups excluding carboxylic acids is 1. The summed E-state index contributed by atoms with van der Waals surface area (Å²) in [6.45, 7) is 1.73. The maximum absolute atomic E-state index is 13.0. The molecule has 10 heteroatoms. The first-order valence-electron chi connectivity index (χ1n) is 8.65. The van der Waals surface area contributed by atoms with Crippen LogP contribution in [-0.4, -0.2) is 60.9 Å². The molecule has 4 rings (SSSR count). The number of piperidine rings is 1. The Hall–Kier alpha value is -3.30. The van der Waals surface area contributed by atoms with Crippen molar-refractivity contribution in [2.45, 2.75) is 12.8 Å². The van der Waals surface area contributed by atoms with E-state index < -0.39 is 0 Å². The Kier molecular flexibility index (Phi) is 4.77. The van der Waals surface area contributed by atoms with Gasteiger partial charge in [-0.3, -0.25) is 9.89 Å². The number of rotatable bonds is 5. The number of aromatic nitrogens is 6. The molecule has 0 spiro atoms. The highest BCUT2D eigenvalue weighted by Crippen LogP contribution is 2.22.